The molecule has 5 nitrogen and oxygen atoms in total. The Balaban J connectivity index is 0.00000162. The second kappa shape index (κ2) is 6.98. The van der Waals surface area contributed by atoms with Crippen LogP contribution < -0.4 is 5.32 Å². The highest BCUT2D eigenvalue weighted by Crippen LogP contribution is 2.07. The highest BCUT2D eigenvalue weighted by molar-refractivity contribution is 5.85. The molecule has 0 aliphatic carbocycles. The lowest BCUT2D eigenvalue weighted by molar-refractivity contribution is 0.400. The topological polar surface area (TPSA) is 64.1 Å². The summed E-state index contributed by atoms with van der Waals surface area (Å²) in [6.45, 7) is 2.06. The molecule has 0 aliphatic heterocycles. The van der Waals surface area contributed by atoms with Gasteiger partial charge in [0.05, 0.1) is 6.26 Å². The van der Waals surface area contributed by atoms with E-state index in [1.165, 1.54) is 0 Å². The SMILES string of the molecule is CNC(C)Cc1noc(/C=C/c2ccco2)n1.Cl. The Bertz CT molecular complexity index is 479. The average Bonchev–Trinajstić information content (AvgIpc) is 2.97. The summed E-state index contributed by atoms with van der Waals surface area (Å²) < 4.78 is 10.2. The molecule has 0 radical (unpaired) electrons. The van der Waals surface area contributed by atoms with E-state index < -0.39 is 0 Å². The van der Waals surface area contributed by atoms with Crippen LogP contribution in [0.25, 0.3) is 12.2 Å². The molecular weight excluding hydrogens is 254 g/mol. The summed E-state index contributed by atoms with van der Waals surface area (Å²) in [7, 11) is 1.91. The standard InChI is InChI=1S/C12H15N3O2.ClH/c1-9(13-2)8-11-14-12(17-15-11)6-5-10-4-3-7-16-10;/h3-7,9,13H,8H2,1-2H3;1H/b6-5+;. The van der Waals surface area contributed by atoms with Gasteiger partial charge in [-0.1, -0.05) is 5.16 Å². The van der Waals surface area contributed by atoms with E-state index in [2.05, 4.69) is 22.4 Å². The molecule has 1 unspecified atom stereocenters. The van der Waals surface area contributed by atoms with Crippen LogP contribution in [-0.2, 0) is 6.42 Å². The first-order valence-corrected chi connectivity index (χ1v) is 5.49. The molecule has 2 aromatic heterocycles. The number of halogens is 1. The van der Waals surface area contributed by atoms with Crippen molar-refractivity contribution in [1.29, 1.82) is 0 Å². The first kappa shape index (κ1) is 14.5. The molecule has 0 aliphatic rings. The van der Waals surface area contributed by atoms with Crippen LogP contribution >= 0.6 is 12.4 Å². The Morgan fingerprint density at radius 2 is 2.28 bits per heavy atom. The zero-order chi connectivity index (χ0) is 12.1. The van der Waals surface area contributed by atoms with Crippen LogP contribution in [0.3, 0.4) is 0 Å². The molecule has 1 N–H and O–H groups in total. The molecule has 2 rings (SSSR count). The molecular formula is C12H16ClN3O2. The van der Waals surface area contributed by atoms with Gasteiger partial charge in [-0.05, 0) is 32.2 Å². The van der Waals surface area contributed by atoms with Crippen molar-refractivity contribution in [2.24, 2.45) is 0 Å². The number of hydrogen-bond donors (Lipinski definition) is 1. The zero-order valence-corrected chi connectivity index (χ0v) is 11.1. The fourth-order valence-corrected chi connectivity index (χ4v) is 1.33. The third-order valence-corrected chi connectivity index (χ3v) is 2.40. The largest absolute Gasteiger partial charge is 0.465 e. The smallest absolute Gasteiger partial charge is 0.250 e. The van der Waals surface area contributed by atoms with Crippen LogP contribution in [0.2, 0.25) is 0 Å². The van der Waals surface area contributed by atoms with E-state index in [4.69, 9.17) is 8.94 Å². The molecule has 0 saturated heterocycles. The first-order chi connectivity index (χ1) is 8.28. The van der Waals surface area contributed by atoms with Crippen molar-refractivity contribution in [1.82, 2.24) is 15.5 Å². The number of nitrogens with one attached hydrogen (secondary N) is 1. The molecule has 2 aromatic rings. The number of furan rings is 1. The van der Waals surface area contributed by atoms with Crippen molar-refractivity contribution >= 4 is 24.6 Å². The lowest BCUT2D eigenvalue weighted by atomic mass is 10.2. The molecule has 0 bridgehead atoms. The van der Waals surface area contributed by atoms with Gasteiger partial charge in [0, 0.05) is 18.5 Å². The summed E-state index contributed by atoms with van der Waals surface area (Å²) >= 11 is 0. The van der Waals surface area contributed by atoms with Gasteiger partial charge in [-0.2, -0.15) is 4.98 Å². The Labute approximate surface area is 112 Å². The first-order valence-electron chi connectivity index (χ1n) is 5.49. The Morgan fingerprint density at radius 1 is 1.44 bits per heavy atom. The van der Waals surface area contributed by atoms with Crippen molar-refractivity contribution in [2.75, 3.05) is 7.05 Å². The summed E-state index contributed by atoms with van der Waals surface area (Å²) in [6.07, 6.45) is 5.89. The third kappa shape index (κ3) is 4.01. The molecule has 18 heavy (non-hydrogen) atoms. The van der Waals surface area contributed by atoms with Gasteiger partial charge in [0.2, 0.25) is 0 Å². The molecule has 0 fully saturated rings. The van der Waals surface area contributed by atoms with Crippen LogP contribution in [0, 0.1) is 0 Å². The number of rotatable bonds is 5. The number of hydrogen-bond acceptors (Lipinski definition) is 5. The predicted octanol–water partition coefficient (Wildman–Crippen LogP) is 2.41. The van der Waals surface area contributed by atoms with E-state index >= 15 is 0 Å². The predicted molar refractivity (Wildman–Crippen MR) is 71.4 cm³/mol. The maximum Gasteiger partial charge on any atom is 0.250 e. The molecule has 2 heterocycles. The molecule has 0 aromatic carbocycles. The number of aromatic nitrogens is 2. The normalized spacial score (nSPS) is 12.6. The summed E-state index contributed by atoms with van der Waals surface area (Å²) in [5.41, 5.74) is 0. The molecule has 0 amide bonds. The van der Waals surface area contributed by atoms with Gasteiger partial charge in [0.15, 0.2) is 5.82 Å². The van der Waals surface area contributed by atoms with E-state index in [0.29, 0.717) is 17.8 Å². The molecule has 0 saturated carbocycles. The van der Waals surface area contributed by atoms with Gasteiger partial charge in [-0.3, -0.25) is 0 Å². The van der Waals surface area contributed by atoms with Crippen molar-refractivity contribution in [3.8, 4) is 0 Å². The van der Waals surface area contributed by atoms with Crippen molar-refractivity contribution < 1.29 is 8.94 Å². The van der Waals surface area contributed by atoms with Crippen LogP contribution in [0.1, 0.15) is 24.4 Å². The van der Waals surface area contributed by atoms with E-state index in [0.717, 1.165) is 12.2 Å². The van der Waals surface area contributed by atoms with Gasteiger partial charge in [0.1, 0.15) is 5.76 Å². The maximum absolute atomic E-state index is 5.16. The third-order valence-electron chi connectivity index (χ3n) is 2.40. The van der Waals surface area contributed by atoms with Crippen LogP contribution in [-0.4, -0.2) is 23.2 Å². The van der Waals surface area contributed by atoms with Gasteiger partial charge >= 0.3 is 0 Å². The van der Waals surface area contributed by atoms with E-state index in [9.17, 15) is 0 Å². The van der Waals surface area contributed by atoms with Crippen LogP contribution in [0.4, 0.5) is 0 Å². The quantitative estimate of drug-likeness (QED) is 0.903. The minimum Gasteiger partial charge on any atom is -0.465 e. The monoisotopic (exact) mass is 269 g/mol. The molecule has 98 valence electrons. The summed E-state index contributed by atoms with van der Waals surface area (Å²) in [6, 6.07) is 4.01. The fourth-order valence-electron chi connectivity index (χ4n) is 1.33. The number of likely N-dealkylation sites (N-methyl/N-ethyl adjacent to an activating group) is 1. The highest BCUT2D eigenvalue weighted by atomic mass is 35.5. The van der Waals surface area contributed by atoms with Gasteiger partial charge in [-0.25, -0.2) is 0 Å². The summed E-state index contributed by atoms with van der Waals surface area (Å²) in [5, 5.41) is 7.02. The van der Waals surface area contributed by atoms with Crippen molar-refractivity contribution in [3.05, 3.63) is 35.9 Å². The van der Waals surface area contributed by atoms with Crippen molar-refractivity contribution in [2.45, 2.75) is 19.4 Å². The average molecular weight is 270 g/mol. The van der Waals surface area contributed by atoms with Gasteiger partial charge in [-0.15, -0.1) is 12.4 Å². The van der Waals surface area contributed by atoms with Crippen molar-refractivity contribution in [3.63, 3.8) is 0 Å². The van der Waals surface area contributed by atoms with Crippen LogP contribution in [0.15, 0.2) is 27.3 Å². The van der Waals surface area contributed by atoms with Gasteiger partial charge in [0.25, 0.3) is 5.89 Å². The van der Waals surface area contributed by atoms with Crippen LogP contribution in [0.5, 0.6) is 0 Å². The number of nitrogens with zero attached hydrogens (tertiary/aromatic N) is 2. The Hall–Kier alpha value is -1.59. The van der Waals surface area contributed by atoms with E-state index in [1.807, 2.05) is 19.2 Å². The summed E-state index contributed by atoms with van der Waals surface area (Å²) in [5.74, 6) is 1.94. The molecule has 6 heteroatoms. The second-order valence-electron chi connectivity index (χ2n) is 3.79. The lowest BCUT2D eigenvalue weighted by Gasteiger charge is -2.04. The Morgan fingerprint density at radius 3 is 2.94 bits per heavy atom. The summed E-state index contributed by atoms with van der Waals surface area (Å²) in [4.78, 5) is 4.25. The minimum absolute atomic E-state index is 0. The highest BCUT2D eigenvalue weighted by Gasteiger charge is 2.07. The van der Waals surface area contributed by atoms with Gasteiger partial charge < -0.3 is 14.3 Å². The molecule has 1 atom stereocenters. The van der Waals surface area contributed by atoms with E-state index in [1.54, 1.807) is 18.4 Å². The maximum atomic E-state index is 5.16. The molecule has 0 spiro atoms. The second-order valence-corrected chi connectivity index (χ2v) is 3.79. The van der Waals surface area contributed by atoms with E-state index in [-0.39, 0.29) is 12.4 Å². The minimum atomic E-state index is 0. The fraction of sp³-hybridized carbons (Fsp3) is 0.333. The zero-order valence-electron chi connectivity index (χ0n) is 10.3. The Kier molecular flexibility index (Phi) is 5.61. The lowest BCUT2D eigenvalue weighted by Crippen LogP contribution is -2.24.